The van der Waals surface area contributed by atoms with E-state index in [1.807, 2.05) is 35.0 Å². The van der Waals surface area contributed by atoms with Crippen molar-refractivity contribution in [3.05, 3.63) is 48.5 Å². The van der Waals surface area contributed by atoms with E-state index >= 15 is 0 Å². The van der Waals surface area contributed by atoms with Crippen molar-refractivity contribution in [3.8, 4) is 5.69 Å². The second-order valence-electron chi connectivity index (χ2n) is 4.18. The van der Waals surface area contributed by atoms with Gasteiger partial charge in [0.2, 0.25) is 5.91 Å². The highest BCUT2D eigenvalue weighted by atomic mass is 16.1. The minimum Gasteiger partial charge on any atom is -0.368 e. The van der Waals surface area contributed by atoms with Crippen LogP contribution < -0.4 is 11.5 Å². The van der Waals surface area contributed by atoms with Crippen molar-refractivity contribution in [2.75, 3.05) is 0 Å². The molecule has 1 atom stereocenters. The van der Waals surface area contributed by atoms with E-state index in [1.54, 1.807) is 12.5 Å². The molecule has 5 heteroatoms. The number of aryl methyl sites for hydroxylation is 1. The lowest BCUT2D eigenvalue weighted by molar-refractivity contribution is -0.119. The predicted molar refractivity (Wildman–Crippen MR) is 69.1 cm³/mol. The Morgan fingerprint density at radius 3 is 2.61 bits per heavy atom. The number of aromatic nitrogens is 2. The maximum atomic E-state index is 10.8. The van der Waals surface area contributed by atoms with Crippen LogP contribution in [0.2, 0.25) is 0 Å². The first-order chi connectivity index (χ1) is 8.66. The maximum Gasteiger partial charge on any atom is 0.234 e. The van der Waals surface area contributed by atoms with Crippen molar-refractivity contribution in [3.63, 3.8) is 0 Å². The zero-order chi connectivity index (χ0) is 13.0. The Labute approximate surface area is 105 Å². The summed E-state index contributed by atoms with van der Waals surface area (Å²) in [5, 5.41) is 0. The van der Waals surface area contributed by atoms with Gasteiger partial charge in [-0.05, 0) is 30.5 Å². The largest absolute Gasteiger partial charge is 0.368 e. The van der Waals surface area contributed by atoms with E-state index in [2.05, 4.69) is 4.98 Å². The Balaban J connectivity index is 1.98. The van der Waals surface area contributed by atoms with E-state index in [-0.39, 0.29) is 0 Å². The molecular formula is C13H16N4O. The van der Waals surface area contributed by atoms with Crippen LogP contribution in [0.25, 0.3) is 5.69 Å². The quantitative estimate of drug-likeness (QED) is 0.808. The van der Waals surface area contributed by atoms with Crippen molar-refractivity contribution in [2.45, 2.75) is 18.9 Å². The van der Waals surface area contributed by atoms with Crippen LogP contribution in [0.4, 0.5) is 0 Å². The molecule has 0 spiro atoms. The number of hydrogen-bond donors (Lipinski definition) is 2. The molecule has 0 aliphatic rings. The lowest BCUT2D eigenvalue weighted by atomic mass is 10.1. The van der Waals surface area contributed by atoms with Gasteiger partial charge in [-0.15, -0.1) is 0 Å². The number of rotatable bonds is 5. The molecule has 4 N–H and O–H groups in total. The smallest absolute Gasteiger partial charge is 0.234 e. The molecular weight excluding hydrogens is 228 g/mol. The summed E-state index contributed by atoms with van der Waals surface area (Å²) in [5.74, 6) is -0.454. The van der Waals surface area contributed by atoms with Crippen molar-refractivity contribution in [1.82, 2.24) is 9.55 Å². The van der Waals surface area contributed by atoms with Crippen LogP contribution in [0.5, 0.6) is 0 Å². The Kier molecular flexibility index (Phi) is 3.74. The molecule has 5 nitrogen and oxygen atoms in total. The number of nitrogens with two attached hydrogens (primary N) is 2. The first-order valence-electron chi connectivity index (χ1n) is 5.79. The molecule has 1 amide bonds. The van der Waals surface area contributed by atoms with Gasteiger partial charge in [0.25, 0.3) is 0 Å². The Hall–Kier alpha value is -2.14. The third kappa shape index (κ3) is 2.95. The number of nitrogens with zero attached hydrogens (tertiary/aromatic N) is 2. The van der Waals surface area contributed by atoms with Crippen LogP contribution in [0, 0.1) is 0 Å². The number of carbonyl (C=O) groups excluding carboxylic acids is 1. The van der Waals surface area contributed by atoms with Gasteiger partial charge in [-0.1, -0.05) is 12.1 Å². The van der Waals surface area contributed by atoms with E-state index in [0.717, 1.165) is 17.7 Å². The molecule has 1 heterocycles. The number of carbonyl (C=O) groups is 1. The Morgan fingerprint density at radius 2 is 2.06 bits per heavy atom. The molecule has 1 aromatic heterocycles. The van der Waals surface area contributed by atoms with E-state index in [1.165, 1.54) is 0 Å². The standard InChI is InChI=1S/C13H16N4O/c14-12(13(15)18)6-3-10-1-4-11(5-2-10)17-8-7-16-9-17/h1-2,4-5,7-9,12H,3,6,14H2,(H2,15,18)/t12-/m1/s1. The van der Waals surface area contributed by atoms with Gasteiger partial charge in [0.15, 0.2) is 0 Å². The Morgan fingerprint density at radius 1 is 1.33 bits per heavy atom. The van der Waals surface area contributed by atoms with Crippen molar-refractivity contribution in [2.24, 2.45) is 11.5 Å². The van der Waals surface area contributed by atoms with Crippen LogP contribution in [0.15, 0.2) is 43.0 Å². The second-order valence-corrected chi connectivity index (χ2v) is 4.18. The molecule has 0 aliphatic carbocycles. The topological polar surface area (TPSA) is 86.9 Å². The maximum absolute atomic E-state index is 10.8. The van der Waals surface area contributed by atoms with Gasteiger partial charge in [-0.25, -0.2) is 4.98 Å². The van der Waals surface area contributed by atoms with Gasteiger partial charge in [0, 0.05) is 18.1 Å². The summed E-state index contributed by atoms with van der Waals surface area (Å²) >= 11 is 0. The molecule has 2 rings (SSSR count). The number of hydrogen-bond acceptors (Lipinski definition) is 3. The average molecular weight is 244 g/mol. The minimum atomic E-state index is -0.571. The molecule has 0 bridgehead atoms. The third-order valence-electron chi connectivity index (χ3n) is 2.85. The van der Waals surface area contributed by atoms with Gasteiger partial charge in [0.05, 0.1) is 12.4 Å². The van der Waals surface area contributed by atoms with E-state index in [4.69, 9.17) is 11.5 Å². The molecule has 0 unspecified atom stereocenters. The SMILES string of the molecule is NC(=O)[C@H](N)CCc1ccc(-n2ccnc2)cc1. The lowest BCUT2D eigenvalue weighted by Crippen LogP contribution is -2.36. The number of imidazole rings is 1. The molecule has 1 aromatic carbocycles. The van der Waals surface area contributed by atoms with Gasteiger partial charge >= 0.3 is 0 Å². The number of benzene rings is 1. The summed E-state index contributed by atoms with van der Waals surface area (Å²) in [7, 11) is 0. The minimum absolute atomic E-state index is 0.454. The summed E-state index contributed by atoms with van der Waals surface area (Å²) in [6.07, 6.45) is 6.68. The van der Waals surface area contributed by atoms with E-state index in [9.17, 15) is 4.79 Å². The van der Waals surface area contributed by atoms with Crippen LogP contribution >= 0.6 is 0 Å². The molecule has 0 radical (unpaired) electrons. The summed E-state index contributed by atoms with van der Waals surface area (Å²) < 4.78 is 1.93. The molecule has 0 saturated carbocycles. The zero-order valence-corrected chi connectivity index (χ0v) is 9.99. The van der Waals surface area contributed by atoms with Crippen LogP contribution in [-0.4, -0.2) is 21.5 Å². The fraction of sp³-hybridized carbons (Fsp3) is 0.231. The zero-order valence-electron chi connectivity index (χ0n) is 9.99. The molecule has 2 aromatic rings. The van der Waals surface area contributed by atoms with E-state index in [0.29, 0.717) is 6.42 Å². The molecule has 94 valence electrons. The first kappa shape index (κ1) is 12.3. The van der Waals surface area contributed by atoms with Crippen molar-refractivity contribution >= 4 is 5.91 Å². The van der Waals surface area contributed by atoms with Gasteiger partial charge in [0.1, 0.15) is 0 Å². The molecule has 18 heavy (non-hydrogen) atoms. The highest BCUT2D eigenvalue weighted by Gasteiger charge is 2.08. The Bertz CT molecular complexity index is 504. The summed E-state index contributed by atoms with van der Waals surface area (Å²) in [6.45, 7) is 0. The van der Waals surface area contributed by atoms with E-state index < -0.39 is 11.9 Å². The number of primary amides is 1. The van der Waals surface area contributed by atoms with Crippen LogP contribution in [0.1, 0.15) is 12.0 Å². The second kappa shape index (κ2) is 5.46. The molecule has 0 fully saturated rings. The highest BCUT2D eigenvalue weighted by Crippen LogP contribution is 2.11. The summed E-state index contributed by atoms with van der Waals surface area (Å²) in [5.41, 5.74) is 12.9. The predicted octanol–water partition coefficient (Wildman–Crippen LogP) is 0.618. The van der Waals surface area contributed by atoms with Crippen LogP contribution in [0.3, 0.4) is 0 Å². The average Bonchev–Trinajstić information content (AvgIpc) is 2.90. The summed E-state index contributed by atoms with van der Waals surface area (Å²) in [4.78, 5) is 14.8. The monoisotopic (exact) mass is 244 g/mol. The van der Waals surface area contributed by atoms with Crippen LogP contribution in [-0.2, 0) is 11.2 Å². The van der Waals surface area contributed by atoms with Gasteiger partial charge in [-0.2, -0.15) is 0 Å². The van der Waals surface area contributed by atoms with Crippen molar-refractivity contribution < 1.29 is 4.79 Å². The fourth-order valence-corrected chi connectivity index (χ4v) is 1.71. The van der Waals surface area contributed by atoms with Gasteiger partial charge in [-0.3, -0.25) is 4.79 Å². The molecule has 0 aliphatic heterocycles. The highest BCUT2D eigenvalue weighted by molar-refractivity contribution is 5.79. The van der Waals surface area contributed by atoms with Gasteiger partial charge < -0.3 is 16.0 Å². The fourth-order valence-electron chi connectivity index (χ4n) is 1.71. The normalized spacial score (nSPS) is 12.3. The number of amides is 1. The third-order valence-corrected chi connectivity index (χ3v) is 2.85. The molecule has 0 saturated heterocycles. The van der Waals surface area contributed by atoms with Crippen molar-refractivity contribution in [1.29, 1.82) is 0 Å². The first-order valence-corrected chi connectivity index (χ1v) is 5.79. The summed E-state index contributed by atoms with van der Waals surface area (Å²) in [6, 6.07) is 7.48. The lowest BCUT2D eigenvalue weighted by Gasteiger charge is -2.08.